The molecule has 0 aliphatic carbocycles. The predicted octanol–water partition coefficient (Wildman–Crippen LogP) is 3.61. The van der Waals surface area contributed by atoms with E-state index in [9.17, 15) is 0 Å². The number of rotatable bonds is 0. The van der Waals surface area contributed by atoms with E-state index in [0.29, 0.717) is 0 Å². The predicted molar refractivity (Wildman–Crippen MR) is 79.2 cm³/mol. The lowest BCUT2D eigenvalue weighted by molar-refractivity contribution is -0.651. The first-order valence-electron chi connectivity index (χ1n) is 6.54. The van der Waals surface area contributed by atoms with E-state index in [1.165, 1.54) is 38.4 Å². The SMILES string of the molecule is Cc1[nH]c2cc3c(ccc4ccccc43)cc2[n+]1C. The van der Waals surface area contributed by atoms with E-state index in [1.54, 1.807) is 0 Å². The van der Waals surface area contributed by atoms with Gasteiger partial charge in [0.2, 0.25) is 0 Å². The summed E-state index contributed by atoms with van der Waals surface area (Å²) in [5, 5.41) is 5.21. The molecule has 0 amide bonds. The van der Waals surface area contributed by atoms with E-state index in [-0.39, 0.29) is 0 Å². The fourth-order valence-electron chi connectivity index (χ4n) is 2.88. The Kier molecular flexibility index (Phi) is 1.99. The largest absolute Gasteiger partial charge is 0.251 e. The Morgan fingerprint density at radius 1 is 0.895 bits per heavy atom. The van der Waals surface area contributed by atoms with Crippen LogP contribution >= 0.6 is 0 Å². The van der Waals surface area contributed by atoms with Crippen LogP contribution in [0, 0.1) is 6.92 Å². The summed E-state index contributed by atoms with van der Waals surface area (Å²) in [6.07, 6.45) is 0. The highest BCUT2D eigenvalue weighted by atomic mass is 15.0. The minimum atomic E-state index is 1.18. The fraction of sp³-hybridized carbons (Fsp3) is 0.118. The van der Waals surface area contributed by atoms with Crippen LogP contribution in [0.1, 0.15) is 5.82 Å². The Labute approximate surface area is 111 Å². The molecule has 0 aliphatic heterocycles. The van der Waals surface area contributed by atoms with Crippen LogP contribution in [0.3, 0.4) is 0 Å². The third kappa shape index (κ3) is 1.40. The number of aryl methyl sites for hydroxylation is 2. The third-order valence-electron chi connectivity index (χ3n) is 4.04. The maximum atomic E-state index is 3.45. The molecule has 0 saturated carbocycles. The van der Waals surface area contributed by atoms with Crippen molar-refractivity contribution >= 4 is 32.6 Å². The topological polar surface area (TPSA) is 19.7 Å². The summed E-state index contributed by atoms with van der Waals surface area (Å²) in [6, 6.07) is 17.5. The molecule has 0 radical (unpaired) electrons. The molecule has 92 valence electrons. The average Bonchev–Trinajstić information content (AvgIpc) is 2.72. The summed E-state index contributed by atoms with van der Waals surface area (Å²) in [6.45, 7) is 2.10. The quantitative estimate of drug-likeness (QED) is 0.362. The number of hydrogen-bond acceptors (Lipinski definition) is 0. The van der Waals surface area contributed by atoms with Gasteiger partial charge >= 0.3 is 0 Å². The number of fused-ring (bicyclic) bond motifs is 4. The Morgan fingerprint density at radius 2 is 1.68 bits per heavy atom. The van der Waals surface area contributed by atoms with Gasteiger partial charge < -0.3 is 0 Å². The minimum Gasteiger partial charge on any atom is -0.241 e. The number of H-pyrrole nitrogens is 1. The highest BCUT2D eigenvalue weighted by molar-refractivity contribution is 6.10. The van der Waals surface area contributed by atoms with Crippen molar-refractivity contribution in [3.05, 3.63) is 54.4 Å². The molecule has 0 bridgehead atoms. The van der Waals surface area contributed by atoms with Crippen molar-refractivity contribution in [3.63, 3.8) is 0 Å². The highest BCUT2D eigenvalue weighted by Gasteiger charge is 2.13. The van der Waals surface area contributed by atoms with Crippen LogP contribution in [0.2, 0.25) is 0 Å². The van der Waals surface area contributed by atoms with Crippen molar-refractivity contribution in [2.24, 2.45) is 7.05 Å². The Morgan fingerprint density at radius 3 is 2.58 bits per heavy atom. The van der Waals surface area contributed by atoms with Gasteiger partial charge in [0, 0.05) is 6.92 Å². The van der Waals surface area contributed by atoms with E-state index >= 15 is 0 Å². The Balaban J connectivity index is 2.25. The van der Waals surface area contributed by atoms with Crippen molar-refractivity contribution in [1.29, 1.82) is 0 Å². The molecular formula is C17H15N2+. The van der Waals surface area contributed by atoms with E-state index in [4.69, 9.17) is 0 Å². The zero-order chi connectivity index (χ0) is 13.0. The second-order valence-electron chi connectivity index (χ2n) is 5.15. The molecule has 4 aromatic rings. The van der Waals surface area contributed by atoms with Gasteiger partial charge in [-0.2, -0.15) is 0 Å². The first-order valence-corrected chi connectivity index (χ1v) is 6.54. The second kappa shape index (κ2) is 3.58. The maximum absolute atomic E-state index is 3.45. The number of aromatic nitrogens is 2. The van der Waals surface area contributed by atoms with E-state index in [0.717, 1.165) is 0 Å². The number of imidazole rings is 1. The molecular weight excluding hydrogens is 232 g/mol. The van der Waals surface area contributed by atoms with Crippen LogP contribution in [0.15, 0.2) is 48.5 Å². The molecule has 19 heavy (non-hydrogen) atoms. The van der Waals surface area contributed by atoms with Crippen LogP contribution in [0.25, 0.3) is 32.6 Å². The molecule has 0 aliphatic rings. The van der Waals surface area contributed by atoms with E-state index < -0.39 is 0 Å². The molecule has 4 rings (SSSR count). The fourth-order valence-corrected chi connectivity index (χ4v) is 2.88. The monoisotopic (exact) mass is 247 g/mol. The van der Waals surface area contributed by atoms with E-state index in [2.05, 4.69) is 72.1 Å². The molecule has 0 atom stereocenters. The first kappa shape index (κ1) is 10.6. The lowest BCUT2D eigenvalue weighted by Gasteiger charge is -2.03. The summed E-state index contributed by atoms with van der Waals surface area (Å²) >= 11 is 0. The van der Waals surface area contributed by atoms with Gasteiger partial charge in [-0.15, -0.1) is 0 Å². The summed E-state index contributed by atoms with van der Waals surface area (Å²) in [5.41, 5.74) is 2.45. The third-order valence-corrected chi connectivity index (χ3v) is 4.04. The van der Waals surface area contributed by atoms with Gasteiger partial charge in [0.05, 0.1) is 7.05 Å². The van der Waals surface area contributed by atoms with Crippen LogP contribution in [-0.2, 0) is 7.05 Å². The van der Waals surface area contributed by atoms with Crippen LogP contribution in [-0.4, -0.2) is 4.98 Å². The normalized spacial score (nSPS) is 11.7. The summed E-state index contributed by atoms with van der Waals surface area (Å²) in [7, 11) is 2.10. The molecule has 0 saturated heterocycles. The number of hydrogen-bond donors (Lipinski definition) is 1. The van der Waals surface area contributed by atoms with Gasteiger partial charge in [-0.25, -0.2) is 9.55 Å². The molecule has 1 N–H and O–H groups in total. The van der Waals surface area contributed by atoms with Crippen LogP contribution < -0.4 is 4.57 Å². The average molecular weight is 247 g/mol. The van der Waals surface area contributed by atoms with Crippen LogP contribution in [0.5, 0.6) is 0 Å². The molecule has 1 aromatic heterocycles. The summed E-state index contributed by atoms with van der Waals surface area (Å²) in [5.74, 6) is 1.18. The van der Waals surface area contributed by atoms with Gasteiger partial charge in [0.1, 0.15) is 0 Å². The van der Waals surface area contributed by atoms with Crippen molar-refractivity contribution < 1.29 is 4.57 Å². The van der Waals surface area contributed by atoms with Crippen molar-refractivity contribution in [2.45, 2.75) is 6.92 Å². The van der Waals surface area contributed by atoms with Crippen LogP contribution in [0.4, 0.5) is 0 Å². The molecule has 0 fully saturated rings. The zero-order valence-corrected chi connectivity index (χ0v) is 11.1. The Bertz CT molecular complexity index is 932. The molecule has 0 spiro atoms. The minimum absolute atomic E-state index is 1.18. The zero-order valence-electron chi connectivity index (χ0n) is 11.1. The van der Waals surface area contributed by atoms with Crippen molar-refractivity contribution in [1.82, 2.24) is 4.98 Å². The molecule has 1 heterocycles. The smallest absolute Gasteiger partial charge is 0.241 e. The standard InChI is InChI=1S/C17H14N2/c1-11-18-16-10-15-13(9-17(16)19(11)2)8-7-12-5-3-4-6-14(12)15/h3-10H,1-2H3/p+1. The number of nitrogens with zero attached hydrogens (tertiary/aromatic N) is 1. The van der Waals surface area contributed by atoms with Crippen molar-refractivity contribution in [3.8, 4) is 0 Å². The molecule has 3 aromatic carbocycles. The van der Waals surface area contributed by atoms with Gasteiger partial charge in [-0.3, -0.25) is 0 Å². The molecule has 0 unspecified atom stereocenters. The summed E-state index contributed by atoms with van der Waals surface area (Å²) < 4.78 is 2.20. The van der Waals surface area contributed by atoms with Gasteiger partial charge in [0.25, 0.3) is 5.82 Å². The summed E-state index contributed by atoms with van der Waals surface area (Å²) in [4.78, 5) is 3.45. The molecule has 2 nitrogen and oxygen atoms in total. The number of benzene rings is 3. The lowest BCUT2D eigenvalue weighted by Crippen LogP contribution is -2.29. The van der Waals surface area contributed by atoms with E-state index in [1.807, 2.05) is 0 Å². The highest BCUT2D eigenvalue weighted by Crippen LogP contribution is 2.28. The van der Waals surface area contributed by atoms with Gasteiger partial charge in [-0.05, 0) is 33.7 Å². The maximum Gasteiger partial charge on any atom is 0.251 e. The van der Waals surface area contributed by atoms with Gasteiger partial charge in [-0.1, -0.05) is 36.4 Å². The Hall–Kier alpha value is -2.35. The molecule has 2 heteroatoms. The second-order valence-corrected chi connectivity index (χ2v) is 5.15. The van der Waals surface area contributed by atoms with Gasteiger partial charge in [0.15, 0.2) is 11.0 Å². The van der Waals surface area contributed by atoms with Crippen molar-refractivity contribution in [2.75, 3.05) is 0 Å². The first-order chi connectivity index (χ1) is 9.24. The number of aromatic amines is 1. The lowest BCUT2D eigenvalue weighted by atomic mass is 10.0. The number of nitrogens with one attached hydrogen (secondary N) is 1.